The summed E-state index contributed by atoms with van der Waals surface area (Å²) < 4.78 is 22.5. The Morgan fingerprint density at radius 1 is 1.21 bits per heavy atom. The van der Waals surface area contributed by atoms with Gasteiger partial charge in [-0.3, -0.25) is 4.79 Å². The molecular formula is C21H25N3O3S. The van der Waals surface area contributed by atoms with E-state index in [2.05, 4.69) is 15.6 Å². The molecule has 1 amide bonds. The normalized spacial score (nSPS) is 15.4. The van der Waals surface area contributed by atoms with Gasteiger partial charge < -0.3 is 10.6 Å². The smallest absolute Gasteiger partial charge is 0.255 e. The number of carbonyl (C=O) groups excluding carboxylic acids is 1. The van der Waals surface area contributed by atoms with E-state index in [-0.39, 0.29) is 5.91 Å². The number of pyridine rings is 1. The second-order valence-corrected chi connectivity index (χ2v) is 9.10. The Kier molecular flexibility index (Phi) is 6.14. The molecule has 28 heavy (non-hydrogen) atoms. The molecule has 0 radical (unpaired) electrons. The Hall–Kier alpha value is -2.67. The quantitative estimate of drug-likeness (QED) is 0.711. The fraction of sp³-hybridized carbons (Fsp3) is 0.333. The minimum absolute atomic E-state index is 0.295. The molecule has 0 aliphatic heterocycles. The molecule has 0 bridgehead atoms. The van der Waals surface area contributed by atoms with Crippen molar-refractivity contribution < 1.29 is 13.2 Å². The molecule has 1 saturated carbocycles. The number of rotatable bonds is 8. The van der Waals surface area contributed by atoms with Crippen molar-refractivity contribution in [3.8, 4) is 0 Å². The first-order chi connectivity index (χ1) is 13.3. The molecule has 1 aromatic carbocycles. The van der Waals surface area contributed by atoms with Crippen LogP contribution >= 0.6 is 0 Å². The number of amides is 1. The molecule has 1 heterocycles. The number of nitrogens with one attached hydrogen (secondary N) is 2. The van der Waals surface area contributed by atoms with E-state index in [4.69, 9.17) is 0 Å². The zero-order valence-electron chi connectivity index (χ0n) is 16.1. The van der Waals surface area contributed by atoms with Crippen molar-refractivity contribution in [3.63, 3.8) is 0 Å². The number of nitrogens with zero attached hydrogens (tertiary/aromatic N) is 1. The molecule has 1 atom stereocenters. The monoisotopic (exact) mass is 399 g/mol. The number of benzene rings is 1. The summed E-state index contributed by atoms with van der Waals surface area (Å²) in [7, 11) is -3.23. The van der Waals surface area contributed by atoms with E-state index in [0.29, 0.717) is 23.8 Å². The maximum Gasteiger partial charge on any atom is 0.255 e. The molecule has 7 heteroatoms. The van der Waals surface area contributed by atoms with Gasteiger partial charge in [0.15, 0.2) is 9.84 Å². The largest absolute Gasteiger partial charge is 0.365 e. The summed E-state index contributed by atoms with van der Waals surface area (Å²) in [4.78, 5) is 17.4. The van der Waals surface area contributed by atoms with Crippen LogP contribution in [-0.4, -0.2) is 31.6 Å². The molecule has 1 aliphatic carbocycles. The van der Waals surface area contributed by atoms with Crippen LogP contribution in [-0.2, 0) is 16.4 Å². The first-order valence-electron chi connectivity index (χ1n) is 9.29. The van der Waals surface area contributed by atoms with Crippen LogP contribution in [0.5, 0.6) is 0 Å². The van der Waals surface area contributed by atoms with E-state index in [9.17, 15) is 13.2 Å². The molecule has 0 unspecified atom stereocenters. The van der Waals surface area contributed by atoms with E-state index in [1.165, 1.54) is 6.08 Å². The first-order valence-corrected chi connectivity index (χ1v) is 11.2. The number of anilines is 1. The van der Waals surface area contributed by atoms with Crippen molar-refractivity contribution in [2.75, 3.05) is 11.6 Å². The Morgan fingerprint density at radius 3 is 2.57 bits per heavy atom. The minimum Gasteiger partial charge on any atom is -0.365 e. The lowest BCUT2D eigenvalue weighted by Gasteiger charge is -2.15. The first kappa shape index (κ1) is 20.1. The summed E-state index contributed by atoms with van der Waals surface area (Å²) in [6.07, 6.45) is 4.83. The predicted octanol–water partition coefficient (Wildman–Crippen LogP) is 3.25. The molecule has 1 fully saturated rings. The third-order valence-electron chi connectivity index (χ3n) is 4.43. The Bertz CT molecular complexity index is 968. The van der Waals surface area contributed by atoms with Gasteiger partial charge in [-0.05, 0) is 37.5 Å². The number of hydrogen-bond donors (Lipinski definition) is 2. The second kappa shape index (κ2) is 8.56. The highest BCUT2D eigenvalue weighted by Crippen LogP contribution is 2.39. The topological polar surface area (TPSA) is 88.2 Å². The van der Waals surface area contributed by atoms with E-state index in [1.54, 1.807) is 13.0 Å². The minimum atomic E-state index is -3.23. The maximum absolute atomic E-state index is 12.7. The van der Waals surface area contributed by atoms with Crippen LogP contribution in [0.2, 0.25) is 0 Å². The van der Waals surface area contributed by atoms with Crippen molar-refractivity contribution in [2.24, 2.45) is 0 Å². The third-order valence-corrected chi connectivity index (χ3v) is 5.08. The average Bonchev–Trinajstić information content (AvgIpc) is 3.50. The van der Waals surface area contributed by atoms with Gasteiger partial charge in [0.1, 0.15) is 5.82 Å². The molecule has 148 valence electrons. The van der Waals surface area contributed by atoms with Gasteiger partial charge in [-0.25, -0.2) is 13.4 Å². The van der Waals surface area contributed by atoms with Gasteiger partial charge in [0.05, 0.1) is 5.56 Å². The Morgan fingerprint density at radius 2 is 1.93 bits per heavy atom. The fourth-order valence-electron chi connectivity index (χ4n) is 2.77. The molecule has 2 aromatic rings. The summed E-state index contributed by atoms with van der Waals surface area (Å²) in [5.41, 5.74) is 2.54. The van der Waals surface area contributed by atoms with Crippen LogP contribution in [0.25, 0.3) is 0 Å². The van der Waals surface area contributed by atoms with Crippen molar-refractivity contribution in [1.29, 1.82) is 0 Å². The van der Waals surface area contributed by atoms with Gasteiger partial charge in [-0.2, -0.15) is 0 Å². The third kappa shape index (κ3) is 5.92. The van der Waals surface area contributed by atoms with Crippen LogP contribution in [0.3, 0.4) is 0 Å². The highest BCUT2D eigenvalue weighted by atomic mass is 32.2. The highest BCUT2D eigenvalue weighted by molar-refractivity contribution is 7.93. The Labute approximate surface area is 166 Å². The van der Waals surface area contributed by atoms with Crippen LogP contribution in [0.4, 0.5) is 5.82 Å². The van der Waals surface area contributed by atoms with Crippen molar-refractivity contribution >= 4 is 21.6 Å². The molecule has 6 nitrogen and oxygen atoms in total. The van der Waals surface area contributed by atoms with Crippen molar-refractivity contribution in [1.82, 2.24) is 10.3 Å². The van der Waals surface area contributed by atoms with Gasteiger partial charge >= 0.3 is 0 Å². The van der Waals surface area contributed by atoms with E-state index < -0.39 is 15.9 Å². The van der Waals surface area contributed by atoms with E-state index in [0.717, 1.165) is 35.8 Å². The second-order valence-electron chi connectivity index (χ2n) is 7.17. The van der Waals surface area contributed by atoms with Crippen LogP contribution in [0, 0.1) is 0 Å². The lowest BCUT2D eigenvalue weighted by molar-refractivity contribution is 0.0947. The fourth-order valence-corrected chi connectivity index (χ4v) is 3.29. The van der Waals surface area contributed by atoms with Crippen LogP contribution in [0.15, 0.2) is 53.9 Å². The number of carbonyl (C=O) groups is 1. The van der Waals surface area contributed by atoms with Crippen molar-refractivity contribution in [3.05, 3.63) is 70.8 Å². The number of aromatic nitrogens is 1. The summed E-state index contributed by atoms with van der Waals surface area (Å²) in [5.74, 6) is 0.729. The zero-order chi connectivity index (χ0) is 20.1. The van der Waals surface area contributed by atoms with E-state index in [1.807, 2.05) is 36.4 Å². The average molecular weight is 400 g/mol. The van der Waals surface area contributed by atoms with Crippen molar-refractivity contribution in [2.45, 2.75) is 38.3 Å². The number of hydrogen-bond acceptors (Lipinski definition) is 5. The predicted molar refractivity (Wildman–Crippen MR) is 111 cm³/mol. The van der Waals surface area contributed by atoms with Crippen LogP contribution in [0.1, 0.15) is 47.3 Å². The van der Waals surface area contributed by atoms with Gasteiger partial charge in [0.25, 0.3) is 5.91 Å². The Balaban J connectivity index is 1.76. The van der Waals surface area contributed by atoms with Gasteiger partial charge in [-0.15, -0.1) is 0 Å². The molecular weight excluding hydrogens is 374 g/mol. The number of sulfone groups is 1. The molecule has 2 N–H and O–H groups in total. The van der Waals surface area contributed by atoms with Gasteiger partial charge in [-0.1, -0.05) is 36.4 Å². The zero-order valence-corrected chi connectivity index (χ0v) is 16.9. The van der Waals surface area contributed by atoms with E-state index >= 15 is 0 Å². The molecule has 1 aromatic heterocycles. The highest BCUT2D eigenvalue weighted by Gasteiger charge is 2.26. The summed E-state index contributed by atoms with van der Waals surface area (Å²) >= 11 is 0. The SMILES string of the molecule is C[C@H](/C=C/S(C)(=O)=O)NC(=O)c1ccc(C2CC2)nc1NCc1ccccc1. The summed E-state index contributed by atoms with van der Waals surface area (Å²) in [6.45, 7) is 2.29. The molecule has 3 rings (SSSR count). The molecule has 1 aliphatic rings. The lowest BCUT2D eigenvalue weighted by atomic mass is 10.1. The molecule has 0 saturated heterocycles. The summed E-state index contributed by atoms with van der Waals surface area (Å²) in [6, 6.07) is 13.2. The molecule has 0 spiro atoms. The van der Waals surface area contributed by atoms with Crippen LogP contribution < -0.4 is 10.6 Å². The maximum atomic E-state index is 12.7. The van der Waals surface area contributed by atoms with Gasteiger partial charge in [0, 0.05) is 35.9 Å². The summed E-state index contributed by atoms with van der Waals surface area (Å²) in [5, 5.41) is 7.18. The standard InChI is InChI=1S/C21H25N3O3S/c1-15(12-13-28(2,26)27)23-21(25)18-10-11-19(17-8-9-17)24-20(18)22-14-16-6-4-3-5-7-16/h3-7,10-13,15,17H,8-9,14H2,1-2H3,(H,22,24)(H,23,25)/b13-12+/t15-/m1/s1. The lowest BCUT2D eigenvalue weighted by Crippen LogP contribution is -2.32. The van der Waals surface area contributed by atoms with Gasteiger partial charge in [0.2, 0.25) is 0 Å².